The Kier molecular flexibility index (Phi) is 3.80. The van der Waals surface area contributed by atoms with Crippen LogP contribution in [0.5, 0.6) is 5.75 Å². The lowest BCUT2D eigenvalue weighted by Crippen LogP contribution is -2.31. The topological polar surface area (TPSA) is 66.8 Å². The van der Waals surface area contributed by atoms with Crippen LogP contribution in [0.25, 0.3) is 5.57 Å². The summed E-state index contributed by atoms with van der Waals surface area (Å²) in [4.78, 5) is 25.9. The van der Waals surface area contributed by atoms with E-state index in [2.05, 4.69) is 0 Å². The summed E-state index contributed by atoms with van der Waals surface area (Å²) in [6.45, 7) is 0. The third-order valence-corrected chi connectivity index (χ3v) is 3.77. The molecule has 0 aromatic heterocycles. The van der Waals surface area contributed by atoms with Crippen LogP contribution in [-0.4, -0.2) is 24.0 Å². The highest BCUT2D eigenvalue weighted by Crippen LogP contribution is 2.36. The number of anilines is 1. The molecule has 1 aliphatic heterocycles. The average molecular weight is 330 g/mol. The fraction of sp³-hybridized carbons (Fsp3) is 0.0588. The van der Waals surface area contributed by atoms with Crippen molar-refractivity contribution in [3.8, 4) is 5.75 Å². The summed E-state index contributed by atoms with van der Waals surface area (Å²) in [5.41, 5.74) is 0.616. The van der Waals surface area contributed by atoms with Gasteiger partial charge in [0, 0.05) is 10.6 Å². The zero-order valence-corrected chi connectivity index (χ0v) is 12.9. The Balaban J connectivity index is 2.08. The minimum atomic E-state index is -0.779. The lowest BCUT2D eigenvalue weighted by Gasteiger charge is -2.15. The van der Waals surface area contributed by atoms with Gasteiger partial charge in [0.2, 0.25) is 0 Å². The maximum Gasteiger partial charge on any atom is 0.301 e. The summed E-state index contributed by atoms with van der Waals surface area (Å²) in [6, 6.07) is 12.9. The van der Waals surface area contributed by atoms with Crippen molar-refractivity contribution in [2.45, 2.75) is 0 Å². The molecule has 1 N–H and O–H groups in total. The average Bonchev–Trinajstić information content (AvgIpc) is 2.78. The molecule has 2 aromatic rings. The zero-order valence-electron chi connectivity index (χ0n) is 12.1. The van der Waals surface area contributed by atoms with Crippen LogP contribution >= 0.6 is 11.6 Å². The van der Waals surface area contributed by atoms with E-state index in [1.807, 2.05) is 0 Å². The Labute approximate surface area is 137 Å². The van der Waals surface area contributed by atoms with Gasteiger partial charge in [-0.05, 0) is 30.3 Å². The number of aliphatic hydroxyl groups excluding tert-OH is 1. The van der Waals surface area contributed by atoms with Gasteiger partial charge in [-0.3, -0.25) is 9.59 Å². The molecule has 3 rings (SSSR count). The maximum atomic E-state index is 12.7. The second kappa shape index (κ2) is 5.78. The van der Waals surface area contributed by atoms with Gasteiger partial charge in [0.1, 0.15) is 5.75 Å². The number of nitrogens with zero attached hydrogens (tertiary/aromatic N) is 1. The van der Waals surface area contributed by atoms with Gasteiger partial charge in [-0.1, -0.05) is 29.8 Å². The van der Waals surface area contributed by atoms with Crippen molar-refractivity contribution in [3.05, 3.63) is 64.9 Å². The van der Waals surface area contributed by atoms with Crippen LogP contribution in [0.2, 0.25) is 5.02 Å². The lowest BCUT2D eigenvalue weighted by molar-refractivity contribution is -0.121. The number of hydrogen-bond donors (Lipinski definition) is 1. The molecule has 0 saturated heterocycles. The van der Waals surface area contributed by atoms with Gasteiger partial charge in [-0.25, -0.2) is 4.90 Å². The zero-order chi connectivity index (χ0) is 16.6. The molecule has 116 valence electrons. The molecule has 0 aliphatic carbocycles. The number of amides is 2. The number of hydrogen-bond acceptors (Lipinski definition) is 4. The Hall–Kier alpha value is -2.79. The number of methoxy groups -OCH3 is 1. The highest BCUT2D eigenvalue weighted by Gasteiger charge is 2.41. The third kappa shape index (κ3) is 2.45. The number of aliphatic hydroxyl groups is 1. The number of carbonyl (C=O) groups is 2. The molecule has 2 aromatic carbocycles. The normalized spacial score (nSPS) is 14.6. The first kappa shape index (κ1) is 15.1. The van der Waals surface area contributed by atoms with Crippen LogP contribution < -0.4 is 9.64 Å². The third-order valence-electron chi connectivity index (χ3n) is 3.52. The Morgan fingerprint density at radius 3 is 2.30 bits per heavy atom. The van der Waals surface area contributed by atoms with Crippen LogP contribution in [0.3, 0.4) is 0 Å². The number of imide groups is 1. The first-order valence-electron chi connectivity index (χ1n) is 6.75. The molecular weight excluding hydrogens is 318 g/mol. The molecule has 2 amide bonds. The Morgan fingerprint density at radius 2 is 1.65 bits per heavy atom. The van der Waals surface area contributed by atoms with Crippen molar-refractivity contribution < 1.29 is 19.4 Å². The first-order valence-corrected chi connectivity index (χ1v) is 7.13. The number of halogens is 1. The molecule has 0 radical (unpaired) electrons. The van der Waals surface area contributed by atoms with Gasteiger partial charge in [0.05, 0.1) is 18.4 Å². The SMILES string of the molecule is COc1ccccc1C1=C(O)C(=O)N(c2ccc(Cl)cc2)C1=O. The van der Waals surface area contributed by atoms with E-state index in [1.54, 1.807) is 36.4 Å². The van der Waals surface area contributed by atoms with Gasteiger partial charge in [-0.15, -0.1) is 0 Å². The second-order valence-corrected chi connectivity index (χ2v) is 5.28. The molecule has 0 unspecified atom stereocenters. The quantitative estimate of drug-likeness (QED) is 0.878. The molecule has 0 atom stereocenters. The van der Waals surface area contributed by atoms with Gasteiger partial charge in [0.25, 0.3) is 5.91 Å². The summed E-state index contributed by atoms with van der Waals surface area (Å²) in [7, 11) is 1.45. The Morgan fingerprint density at radius 1 is 1.00 bits per heavy atom. The number of ether oxygens (including phenoxy) is 1. The molecular formula is C17H12ClNO4. The molecule has 0 spiro atoms. The molecule has 23 heavy (non-hydrogen) atoms. The van der Waals surface area contributed by atoms with Gasteiger partial charge < -0.3 is 9.84 Å². The lowest BCUT2D eigenvalue weighted by atomic mass is 10.0. The van der Waals surface area contributed by atoms with Crippen LogP contribution in [0.15, 0.2) is 54.3 Å². The van der Waals surface area contributed by atoms with E-state index in [-0.39, 0.29) is 5.57 Å². The monoisotopic (exact) mass is 329 g/mol. The summed E-state index contributed by atoms with van der Waals surface area (Å²) >= 11 is 5.82. The minimum Gasteiger partial charge on any atom is -0.502 e. The van der Waals surface area contributed by atoms with E-state index >= 15 is 0 Å². The number of carbonyl (C=O) groups excluding carboxylic acids is 2. The van der Waals surface area contributed by atoms with Crippen LogP contribution in [-0.2, 0) is 9.59 Å². The predicted octanol–water partition coefficient (Wildman–Crippen LogP) is 3.19. The van der Waals surface area contributed by atoms with Gasteiger partial charge >= 0.3 is 5.91 Å². The van der Waals surface area contributed by atoms with E-state index in [4.69, 9.17) is 16.3 Å². The fourth-order valence-electron chi connectivity index (χ4n) is 2.44. The van der Waals surface area contributed by atoms with Crippen molar-refractivity contribution >= 4 is 34.7 Å². The molecule has 1 aliphatic rings. The second-order valence-electron chi connectivity index (χ2n) is 4.85. The molecule has 0 saturated carbocycles. The standard InChI is InChI=1S/C17H12ClNO4/c1-23-13-5-3-2-4-12(13)14-15(20)17(22)19(16(14)21)11-8-6-10(18)7-9-11/h2-9,20H,1H3. The van der Waals surface area contributed by atoms with E-state index in [0.717, 1.165) is 4.90 Å². The predicted molar refractivity (Wildman–Crippen MR) is 86.5 cm³/mol. The highest BCUT2D eigenvalue weighted by atomic mass is 35.5. The number of benzene rings is 2. The summed E-state index contributed by atoms with van der Waals surface area (Å²) in [6.07, 6.45) is 0. The maximum absolute atomic E-state index is 12.7. The largest absolute Gasteiger partial charge is 0.502 e. The summed E-state index contributed by atoms with van der Waals surface area (Å²) < 4.78 is 5.20. The number of rotatable bonds is 3. The van der Waals surface area contributed by atoms with Crippen molar-refractivity contribution in [2.75, 3.05) is 12.0 Å². The van der Waals surface area contributed by atoms with E-state index in [9.17, 15) is 14.7 Å². The van der Waals surface area contributed by atoms with Gasteiger partial charge in [0.15, 0.2) is 5.76 Å². The fourth-order valence-corrected chi connectivity index (χ4v) is 2.56. The first-order chi connectivity index (χ1) is 11.0. The van der Waals surface area contributed by atoms with Crippen LogP contribution in [0, 0.1) is 0 Å². The van der Waals surface area contributed by atoms with Crippen molar-refractivity contribution in [2.24, 2.45) is 0 Å². The highest BCUT2D eigenvalue weighted by molar-refractivity contribution is 6.45. The van der Waals surface area contributed by atoms with Crippen molar-refractivity contribution in [3.63, 3.8) is 0 Å². The van der Waals surface area contributed by atoms with Crippen molar-refractivity contribution in [1.82, 2.24) is 0 Å². The van der Waals surface area contributed by atoms with Crippen LogP contribution in [0.4, 0.5) is 5.69 Å². The number of para-hydroxylation sites is 1. The van der Waals surface area contributed by atoms with E-state index in [1.165, 1.54) is 19.2 Å². The van der Waals surface area contributed by atoms with E-state index in [0.29, 0.717) is 22.0 Å². The molecule has 0 fully saturated rings. The van der Waals surface area contributed by atoms with Crippen LogP contribution in [0.1, 0.15) is 5.56 Å². The molecule has 1 heterocycles. The van der Waals surface area contributed by atoms with Gasteiger partial charge in [-0.2, -0.15) is 0 Å². The smallest absolute Gasteiger partial charge is 0.301 e. The minimum absolute atomic E-state index is 0.0811. The summed E-state index contributed by atoms with van der Waals surface area (Å²) in [5, 5.41) is 10.7. The molecule has 0 bridgehead atoms. The summed E-state index contributed by atoms with van der Waals surface area (Å²) in [5.74, 6) is -1.60. The Bertz CT molecular complexity index is 827. The molecule has 6 heteroatoms. The van der Waals surface area contributed by atoms with Crippen molar-refractivity contribution in [1.29, 1.82) is 0 Å². The molecule has 5 nitrogen and oxygen atoms in total. The van der Waals surface area contributed by atoms with E-state index < -0.39 is 17.6 Å².